The standard InChI is InChI=1S/C9H10ClN3O2/c1-14-8-4-7(10)3-6(5-12-13-11)9(8)15-2/h3-4H,5H2,1-2H3. The summed E-state index contributed by atoms with van der Waals surface area (Å²) >= 11 is 5.87. The average Bonchev–Trinajstić information content (AvgIpc) is 2.25. The lowest BCUT2D eigenvalue weighted by Gasteiger charge is -2.11. The summed E-state index contributed by atoms with van der Waals surface area (Å²) in [6.45, 7) is 0.177. The van der Waals surface area contributed by atoms with Crippen molar-refractivity contribution in [3.63, 3.8) is 0 Å². The van der Waals surface area contributed by atoms with Crippen molar-refractivity contribution in [2.45, 2.75) is 6.54 Å². The van der Waals surface area contributed by atoms with Crippen molar-refractivity contribution < 1.29 is 9.47 Å². The van der Waals surface area contributed by atoms with E-state index in [-0.39, 0.29) is 6.54 Å². The number of halogens is 1. The van der Waals surface area contributed by atoms with E-state index in [9.17, 15) is 0 Å². The second-order valence-electron chi connectivity index (χ2n) is 2.69. The molecule has 0 saturated heterocycles. The van der Waals surface area contributed by atoms with Crippen molar-refractivity contribution >= 4 is 11.6 Å². The quantitative estimate of drug-likeness (QED) is 0.450. The lowest BCUT2D eigenvalue weighted by molar-refractivity contribution is 0.352. The van der Waals surface area contributed by atoms with Gasteiger partial charge in [0.15, 0.2) is 11.5 Å². The lowest BCUT2D eigenvalue weighted by atomic mass is 10.2. The Balaban J connectivity index is 3.21. The fraction of sp³-hybridized carbons (Fsp3) is 0.333. The first-order valence-corrected chi connectivity index (χ1v) is 4.52. The van der Waals surface area contributed by atoms with Crippen LogP contribution in [0.5, 0.6) is 11.5 Å². The molecule has 0 unspecified atom stereocenters. The molecular formula is C9H10ClN3O2. The van der Waals surface area contributed by atoms with Gasteiger partial charge in [-0.15, -0.1) is 0 Å². The maximum atomic E-state index is 8.24. The third-order valence-corrected chi connectivity index (χ3v) is 2.04. The summed E-state index contributed by atoms with van der Waals surface area (Å²) in [6.07, 6.45) is 0. The van der Waals surface area contributed by atoms with Crippen molar-refractivity contribution in [1.82, 2.24) is 0 Å². The highest BCUT2D eigenvalue weighted by atomic mass is 35.5. The summed E-state index contributed by atoms with van der Waals surface area (Å²) in [5, 5.41) is 3.96. The van der Waals surface area contributed by atoms with Crippen molar-refractivity contribution in [2.75, 3.05) is 14.2 Å². The normalized spacial score (nSPS) is 9.27. The third kappa shape index (κ3) is 2.68. The fourth-order valence-electron chi connectivity index (χ4n) is 1.23. The van der Waals surface area contributed by atoms with E-state index < -0.39 is 0 Å². The highest BCUT2D eigenvalue weighted by Gasteiger charge is 2.10. The van der Waals surface area contributed by atoms with Crippen molar-refractivity contribution in [1.29, 1.82) is 0 Å². The highest BCUT2D eigenvalue weighted by molar-refractivity contribution is 6.30. The van der Waals surface area contributed by atoms with Gasteiger partial charge in [0.2, 0.25) is 0 Å². The first-order valence-electron chi connectivity index (χ1n) is 4.14. The Morgan fingerprint density at radius 2 is 2.13 bits per heavy atom. The second-order valence-corrected chi connectivity index (χ2v) is 3.13. The zero-order valence-electron chi connectivity index (χ0n) is 8.40. The number of methoxy groups -OCH3 is 2. The number of ether oxygens (including phenoxy) is 2. The van der Waals surface area contributed by atoms with Gasteiger partial charge >= 0.3 is 0 Å². The first kappa shape index (κ1) is 11.5. The average molecular weight is 228 g/mol. The van der Waals surface area contributed by atoms with Crippen molar-refractivity contribution in [3.05, 3.63) is 33.2 Å². The van der Waals surface area contributed by atoms with E-state index >= 15 is 0 Å². The Morgan fingerprint density at radius 1 is 1.40 bits per heavy atom. The zero-order chi connectivity index (χ0) is 11.3. The molecule has 0 atom stereocenters. The van der Waals surface area contributed by atoms with Crippen LogP contribution < -0.4 is 9.47 Å². The van der Waals surface area contributed by atoms with E-state index in [0.29, 0.717) is 22.1 Å². The molecule has 1 aromatic carbocycles. The number of hydrogen-bond donors (Lipinski definition) is 0. The van der Waals surface area contributed by atoms with Crippen LogP contribution in [0.15, 0.2) is 17.2 Å². The summed E-state index contributed by atoms with van der Waals surface area (Å²) in [6, 6.07) is 3.32. The summed E-state index contributed by atoms with van der Waals surface area (Å²) in [5.74, 6) is 1.06. The molecule has 0 spiro atoms. The van der Waals surface area contributed by atoms with Crippen LogP contribution in [-0.4, -0.2) is 14.2 Å². The Morgan fingerprint density at radius 3 is 2.67 bits per heavy atom. The van der Waals surface area contributed by atoms with Gasteiger partial charge in [0.05, 0.1) is 20.8 Å². The van der Waals surface area contributed by atoms with E-state index in [1.165, 1.54) is 14.2 Å². The summed E-state index contributed by atoms with van der Waals surface area (Å²) in [5.41, 5.74) is 8.93. The highest BCUT2D eigenvalue weighted by Crippen LogP contribution is 2.34. The Labute approximate surface area is 92.2 Å². The molecule has 0 aromatic heterocycles. The fourth-order valence-corrected chi connectivity index (χ4v) is 1.46. The number of rotatable bonds is 4. The summed E-state index contributed by atoms with van der Waals surface area (Å²) < 4.78 is 10.2. The molecule has 6 heteroatoms. The molecule has 0 amide bonds. The van der Waals surface area contributed by atoms with Crippen LogP contribution >= 0.6 is 11.6 Å². The van der Waals surface area contributed by atoms with Gasteiger partial charge in [-0.25, -0.2) is 0 Å². The van der Waals surface area contributed by atoms with E-state index in [1.807, 2.05) is 0 Å². The second kappa shape index (κ2) is 5.34. The molecule has 80 valence electrons. The van der Waals surface area contributed by atoms with Crippen LogP contribution in [0.1, 0.15) is 5.56 Å². The van der Waals surface area contributed by atoms with Crippen molar-refractivity contribution in [2.24, 2.45) is 5.11 Å². The predicted octanol–water partition coefficient (Wildman–Crippen LogP) is 3.17. The minimum Gasteiger partial charge on any atom is -0.493 e. The smallest absolute Gasteiger partial charge is 0.164 e. The molecule has 0 radical (unpaired) electrons. The van der Waals surface area contributed by atoms with Gasteiger partial charge in [-0.1, -0.05) is 16.7 Å². The zero-order valence-corrected chi connectivity index (χ0v) is 9.15. The number of hydrogen-bond acceptors (Lipinski definition) is 3. The first-order chi connectivity index (χ1) is 7.22. The van der Waals surface area contributed by atoms with Gasteiger partial charge in [-0.2, -0.15) is 0 Å². The minimum absolute atomic E-state index is 0.177. The largest absolute Gasteiger partial charge is 0.493 e. The van der Waals surface area contributed by atoms with E-state index in [0.717, 1.165) is 0 Å². The molecule has 0 aliphatic heterocycles. The maximum Gasteiger partial charge on any atom is 0.164 e. The van der Waals surface area contributed by atoms with Gasteiger partial charge in [-0.3, -0.25) is 0 Å². The van der Waals surface area contributed by atoms with Crippen LogP contribution in [0.3, 0.4) is 0 Å². The topological polar surface area (TPSA) is 67.2 Å². The van der Waals surface area contributed by atoms with Gasteiger partial charge in [0.25, 0.3) is 0 Å². The monoisotopic (exact) mass is 227 g/mol. The van der Waals surface area contributed by atoms with Crippen LogP contribution in [-0.2, 0) is 6.54 Å². The molecule has 0 bridgehead atoms. The number of benzene rings is 1. The van der Waals surface area contributed by atoms with Gasteiger partial charge in [0, 0.05) is 21.6 Å². The predicted molar refractivity (Wildman–Crippen MR) is 57.4 cm³/mol. The van der Waals surface area contributed by atoms with Gasteiger partial charge in [0.1, 0.15) is 0 Å². The van der Waals surface area contributed by atoms with Crippen molar-refractivity contribution in [3.8, 4) is 11.5 Å². The van der Waals surface area contributed by atoms with Gasteiger partial charge in [-0.05, 0) is 11.6 Å². The van der Waals surface area contributed by atoms with Crippen LogP contribution in [0.4, 0.5) is 0 Å². The number of nitrogens with zero attached hydrogens (tertiary/aromatic N) is 3. The maximum absolute atomic E-state index is 8.24. The molecule has 0 aliphatic rings. The Hall–Kier alpha value is -1.58. The van der Waals surface area contributed by atoms with Crippen LogP contribution in [0.25, 0.3) is 10.4 Å². The molecule has 1 aromatic rings. The van der Waals surface area contributed by atoms with Gasteiger partial charge < -0.3 is 9.47 Å². The number of azide groups is 1. The molecule has 0 heterocycles. The third-order valence-electron chi connectivity index (χ3n) is 1.82. The molecule has 0 fully saturated rings. The molecule has 15 heavy (non-hydrogen) atoms. The Kier molecular flexibility index (Phi) is 4.09. The molecule has 0 saturated carbocycles. The molecule has 0 N–H and O–H groups in total. The van der Waals surface area contributed by atoms with E-state index in [4.69, 9.17) is 26.6 Å². The molecule has 0 aliphatic carbocycles. The summed E-state index contributed by atoms with van der Waals surface area (Å²) in [4.78, 5) is 2.68. The molecule has 5 nitrogen and oxygen atoms in total. The SMILES string of the molecule is COc1cc(Cl)cc(CN=[N+]=[N-])c1OC. The van der Waals surface area contributed by atoms with E-state index in [2.05, 4.69) is 10.0 Å². The molecular weight excluding hydrogens is 218 g/mol. The van der Waals surface area contributed by atoms with Crippen LogP contribution in [0.2, 0.25) is 5.02 Å². The van der Waals surface area contributed by atoms with E-state index in [1.54, 1.807) is 12.1 Å². The minimum atomic E-state index is 0.177. The Bertz CT molecular complexity index is 403. The lowest BCUT2D eigenvalue weighted by Crippen LogP contribution is -1.95. The summed E-state index contributed by atoms with van der Waals surface area (Å²) in [7, 11) is 3.04. The van der Waals surface area contributed by atoms with Crippen LogP contribution in [0, 0.1) is 0 Å². The molecule has 1 rings (SSSR count).